The minimum atomic E-state index is -4.45. The Kier molecular flexibility index (Phi) is 4.15. The van der Waals surface area contributed by atoms with E-state index in [1.807, 2.05) is 6.92 Å². The van der Waals surface area contributed by atoms with Crippen molar-refractivity contribution in [1.29, 1.82) is 0 Å². The molecule has 94 valence electrons. The Balaban J connectivity index is 3.02. The predicted octanol–water partition coefficient (Wildman–Crippen LogP) is 3.66. The third kappa shape index (κ3) is 3.47. The molecular weight excluding hydrogens is 231 g/mol. The monoisotopic (exact) mass is 245 g/mol. The van der Waals surface area contributed by atoms with E-state index < -0.39 is 11.7 Å². The van der Waals surface area contributed by atoms with Gasteiger partial charge in [-0.2, -0.15) is 13.2 Å². The zero-order valence-corrected chi connectivity index (χ0v) is 9.47. The highest BCUT2D eigenvalue weighted by molar-refractivity contribution is 6.00. The van der Waals surface area contributed by atoms with Gasteiger partial charge in [0.25, 0.3) is 0 Å². The van der Waals surface area contributed by atoms with Gasteiger partial charge in [0, 0.05) is 17.7 Å². The van der Waals surface area contributed by atoms with E-state index >= 15 is 0 Å². The molecule has 0 spiro atoms. The maximum Gasteiger partial charge on any atom is 0.416 e. The lowest BCUT2D eigenvalue weighted by atomic mass is 10.0. The van der Waals surface area contributed by atoms with Gasteiger partial charge in [-0.3, -0.25) is 4.79 Å². The fraction of sp³-hybridized carbons (Fsp3) is 0.417. The average Bonchev–Trinajstić information content (AvgIpc) is 2.24. The summed E-state index contributed by atoms with van der Waals surface area (Å²) in [6.07, 6.45) is -2.77. The third-order valence-electron chi connectivity index (χ3n) is 2.44. The molecule has 0 heterocycles. The van der Waals surface area contributed by atoms with Gasteiger partial charge in [-0.15, -0.1) is 0 Å². The van der Waals surface area contributed by atoms with E-state index in [-0.39, 0.29) is 23.5 Å². The highest BCUT2D eigenvalue weighted by atomic mass is 19.4. The largest absolute Gasteiger partial charge is 0.416 e. The Morgan fingerprint density at radius 2 is 2.00 bits per heavy atom. The minimum absolute atomic E-state index is 0.0340. The van der Waals surface area contributed by atoms with E-state index in [1.165, 1.54) is 0 Å². The van der Waals surface area contributed by atoms with Crippen molar-refractivity contribution < 1.29 is 18.0 Å². The summed E-state index contributed by atoms with van der Waals surface area (Å²) in [5.41, 5.74) is 4.74. The van der Waals surface area contributed by atoms with Gasteiger partial charge in [0.1, 0.15) is 0 Å². The Labute approximate surface area is 97.6 Å². The molecule has 2 N–H and O–H groups in total. The number of ketones is 1. The Morgan fingerprint density at radius 3 is 2.53 bits per heavy atom. The summed E-state index contributed by atoms with van der Waals surface area (Å²) >= 11 is 0. The van der Waals surface area contributed by atoms with Gasteiger partial charge < -0.3 is 5.73 Å². The molecule has 1 aromatic rings. The summed E-state index contributed by atoms with van der Waals surface area (Å²) in [6, 6.07) is 2.83. The normalized spacial score (nSPS) is 11.5. The smallest absolute Gasteiger partial charge is 0.398 e. The van der Waals surface area contributed by atoms with Crippen LogP contribution in [0.25, 0.3) is 0 Å². The fourth-order valence-corrected chi connectivity index (χ4v) is 1.45. The van der Waals surface area contributed by atoms with Gasteiger partial charge in [0.15, 0.2) is 5.78 Å². The van der Waals surface area contributed by atoms with Crippen molar-refractivity contribution >= 4 is 11.5 Å². The molecule has 17 heavy (non-hydrogen) atoms. The third-order valence-corrected chi connectivity index (χ3v) is 2.44. The second-order valence-corrected chi connectivity index (χ2v) is 3.83. The first-order chi connectivity index (χ1) is 7.86. The first-order valence-corrected chi connectivity index (χ1v) is 5.36. The van der Waals surface area contributed by atoms with Crippen molar-refractivity contribution in [2.45, 2.75) is 32.4 Å². The van der Waals surface area contributed by atoms with Crippen LogP contribution in [0.5, 0.6) is 0 Å². The number of anilines is 1. The number of hydrogen-bond acceptors (Lipinski definition) is 2. The maximum absolute atomic E-state index is 12.5. The highest BCUT2D eigenvalue weighted by Gasteiger charge is 2.31. The van der Waals surface area contributed by atoms with Crippen molar-refractivity contribution in [2.75, 3.05) is 5.73 Å². The highest BCUT2D eigenvalue weighted by Crippen LogP contribution is 2.31. The molecule has 0 amide bonds. The number of hydrogen-bond donors (Lipinski definition) is 1. The number of nitrogens with two attached hydrogens (primary N) is 1. The molecule has 0 saturated carbocycles. The van der Waals surface area contributed by atoms with E-state index in [4.69, 9.17) is 5.73 Å². The van der Waals surface area contributed by atoms with Crippen LogP contribution in [0.1, 0.15) is 42.1 Å². The predicted molar refractivity (Wildman–Crippen MR) is 59.7 cm³/mol. The van der Waals surface area contributed by atoms with Crippen LogP contribution in [0, 0.1) is 0 Å². The first-order valence-electron chi connectivity index (χ1n) is 5.36. The number of carbonyl (C=O) groups excluding carboxylic acids is 1. The van der Waals surface area contributed by atoms with Crippen molar-refractivity contribution in [3.8, 4) is 0 Å². The minimum Gasteiger partial charge on any atom is -0.398 e. The van der Waals surface area contributed by atoms with Crippen molar-refractivity contribution in [2.24, 2.45) is 0 Å². The molecule has 0 radical (unpaired) electrons. The fourth-order valence-electron chi connectivity index (χ4n) is 1.45. The summed E-state index contributed by atoms with van der Waals surface area (Å²) in [7, 11) is 0. The zero-order chi connectivity index (χ0) is 13.1. The Bertz CT molecular complexity index is 413. The van der Waals surface area contributed by atoms with Crippen molar-refractivity contribution in [1.82, 2.24) is 0 Å². The summed E-state index contributed by atoms with van der Waals surface area (Å²) in [6.45, 7) is 1.91. The average molecular weight is 245 g/mol. The maximum atomic E-state index is 12.5. The van der Waals surface area contributed by atoms with E-state index in [2.05, 4.69) is 0 Å². The molecule has 0 bridgehead atoms. The van der Waals surface area contributed by atoms with E-state index in [0.717, 1.165) is 24.6 Å². The van der Waals surface area contributed by atoms with Crippen LogP contribution >= 0.6 is 0 Å². The van der Waals surface area contributed by atoms with Crippen LogP contribution in [0.2, 0.25) is 0 Å². The van der Waals surface area contributed by atoms with Crippen LogP contribution in [0.15, 0.2) is 18.2 Å². The molecule has 0 aromatic heterocycles. The van der Waals surface area contributed by atoms with E-state index in [9.17, 15) is 18.0 Å². The molecule has 0 aliphatic rings. The molecule has 0 aliphatic heterocycles. The van der Waals surface area contributed by atoms with Gasteiger partial charge >= 0.3 is 6.18 Å². The number of benzene rings is 1. The Morgan fingerprint density at radius 1 is 1.35 bits per heavy atom. The molecule has 0 fully saturated rings. The van der Waals surface area contributed by atoms with Crippen LogP contribution < -0.4 is 5.73 Å². The van der Waals surface area contributed by atoms with Gasteiger partial charge in [0.05, 0.1) is 5.56 Å². The quantitative estimate of drug-likeness (QED) is 0.649. The summed E-state index contributed by atoms with van der Waals surface area (Å²) in [4.78, 5) is 11.7. The topological polar surface area (TPSA) is 43.1 Å². The summed E-state index contributed by atoms with van der Waals surface area (Å²) in [5, 5.41) is 0. The number of rotatable bonds is 4. The van der Waals surface area contributed by atoms with Crippen LogP contribution in [0.4, 0.5) is 18.9 Å². The molecule has 0 unspecified atom stereocenters. The zero-order valence-electron chi connectivity index (χ0n) is 9.47. The molecule has 0 aliphatic carbocycles. The van der Waals surface area contributed by atoms with Gasteiger partial charge in [-0.05, 0) is 24.6 Å². The summed E-state index contributed by atoms with van der Waals surface area (Å²) in [5.74, 6) is -0.338. The molecule has 5 heteroatoms. The molecule has 2 nitrogen and oxygen atoms in total. The lowest BCUT2D eigenvalue weighted by molar-refractivity contribution is -0.137. The molecule has 1 aromatic carbocycles. The van der Waals surface area contributed by atoms with Gasteiger partial charge in [0.2, 0.25) is 0 Å². The number of halogens is 3. The van der Waals surface area contributed by atoms with Gasteiger partial charge in [-0.25, -0.2) is 0 Å². The van der Waals surface area contributed by atoms with Crippen molar-refractivity contribution in [3.63, 3.8) is 0 Å². The van der Waals surface area contributed by atoms with Crippen LogP contribution in [0.3, 0.4) is 0 Å². The first kappa shape index (κ1) is 13.5. The van der Waals surface area contributed by atoms with Crippen LogP contribution in [-0.4, -0.2) is 5.78 Å². The number of alkyl halides is 3. The van der Waals surface area contributed by atoms with Crippen LogP contribution in [-0.2, 0) is 6.18 Å². The van der Waals surface area contributed by atoms with E-state index in [1.54, 1.807) is 0 Å². The van der Waals surface area contributed by atoms with Crippen molar-refractivity contribution in [3.05, 3.63) is 29.3 Å². The van der Waals surface area contributed by atoms with Gasteiger partial charge in [-0.1, -0.05) is 13.3 Å². The molecule has 1 rings (SSSR count). The lowest BCUT2D eigenvalue weighted by Crippen LogP contribution is -2.10. The van der Waals surface area contributed by atoms with E-state index in [0.29, 0.717) is 6.42 Å². The lowest BCUT2D eigenvalue weighted by Gasteiger charge is -2.10. The second-order valence-electron chi connectivity index (χ2n) is 3.83. The standard InChI is InChI=1S/C12H14F3NO/c1-2-3-4-11(17)9-7-8(12(13,14)15)5-6-10(9)16/h5-7H,2-4,16H2,1H3. The SMILES string of the molecule is CCCCC(=O)c1cc(C(F)(F)F)ccc1N. The molecule has 0 atom stereocenters. The number of unbranched alkanes of at least 4 members (excludes halogenated alkanes) is 1. The number of carbonyl (C=O) groups is 1. The second kappa shape index (κ2) is 5.21. The number of Topliss-reactive ketones (excluding diaryl/α,β-unsaturated/α-hetero) is 1. The summed E-state index contributed by atoms with van der Waals surface area (Å²) < 4.78 is 37.4. The molecular formula is C12H14F3NO. The molecule has 0 saturated heterocycles. The Hall–Kier alpha value is -1.52. The number of nitrogen functional groups attached to an aromatic ring is 1.